The van der Waals surface area contributed by atoms with Crippen molar-refractivity contribution >= 4 is 69.5 Å². The van der Waals surface area contributed by atoms with Crippen LogP contribution in [0.25, 0.3) is 0 Å². The van der Waals surface area contributed by atoms with Crippen molar-refractivity contribution in [3.8, 4) is 0 Å². The lowest BCUT2D eigenvalue weighted by atomic mass is 10.3. The molecule has 3 aromatic heterocycles. The summed E-state index contributed by atoms with van der Waals surface area (Å²) in [6.07, 6.45) is -2.28. The topological polar surface area (TPSA) is 336 Å². The maximum atomic E-state index is 11.1. The zero-order valence-corrected chi connectivity index (χ0v) is 26.1. The van der Waals surface area contributed by atoms with Gasteiger partial charge >= 0.3 is 0 Å². The van der Waals surface area contributed by atoms with Crippen molar-refractivity contribution in [1.29, 1.82) is 0 Å². The first kappa shape index (κ1) is 37.4. The molecule has 0 saturated heterocycles. The minimum Gasteiger partial charge on any atom is -0.394 e. The predicted octanol–water partition coefficient (Wildman–Crippen LogP) is -1.01. The van der Waals surface area contributed by atoms with E-state index in [1.165, 1.54) is 0 Å². The third kappa shape index (κ3) is 15.4. The SMILES string of the molecule is O=S(=O)(O)CCNc1nc(NCCC(O)O)nc(Nc2cccc(Nc3nc(NCCSOOO)nc(NCCC(O)CO)n3)n2)n1. The Balaban J connectivity index is 1.77. The molecule has 23 nitrogen and oxygen atoms in total. The van der Waals surface area contributed by atoms with Crippen molar-refractivity contribution in [3.63, 3.8) is 0 Å². The van der Waals surface area contributed by atoms with Crippen LogP contribution in [0.2, 0.25) is 0 Å². The second-order valence-electron chi connectivity index (χ2n) is 9.12. The van der Waals surface area contributed by atoms with Gasteiger partial charge in [0.15, 0.2) is 6.29 Å². The minimum absolute atomic E-state index is 0.0114. The van der Waals surface area contributed by atoms with Crippen LogP contribution in [0.5, 0.6) is 0 Å². The number of nitrogens with one attached hydrogen (secondary N) is 6. The summed E-state index contributed by atoms with van der Waals surface area (Å²) in [7, 11) is -4.24. The molecule has 0 saturated carbocycles. The zero-order chi connectivity index (χ0) is 34.1. The van der Waals surface area contributed by atoms with E-state index in [4.69, 9.17) is 25.1 Å². The number of hydrogen-bond acceptors (Lipinski definition) is 23. The smallest absolute Gasteiger partial charge is 0.266 e. The highest BCUT2D eigenvalue weighted by molar-refractivity contribution is 7.94. The van der Waals surface area contributed by atoms with Gasteiger partial charge in [0.2, 0.25) is 35.7 Å². The van der Waals surface area contributed by atoms with Gasteiger partial charge in [-0.1, -0.05) is 11.1 Å². The number of aliphatic hydroxyl groups is 4. The lowest BCUT2D eigenvalue weighted by Gasteiger charge is -2.13. The van der Waals surface area contributed by atoms with E-state index in [1.807, 2.05) is 0 Å². The zero-order valence-electron chi connectivity index (χ0n) is 24.5. The molecule has 0 fully saturated rings. The molecule has 0 radical (unpaired) electrons. The summed E-state index contributed by atoms with van der Waals surface area (Å²) in [6.45, 7) is 0.0478. The van der Waals surface area contributed by atoms with E-state index in [0.717, 1.165) is 12.0 Å². The Bertz CT molecular complexity index is 1500. The highest BCUT2D eigenvalue weighted by Crippen LogP contribution is 2.19. The molecular weight excluding hydrogens is 670 g/mol. The lowest BCUT2D eigenvalue weighted by molar-refractivity contribution is -0.432. The van der Waals surface area contributed by atoms with Gasteiger partial charge < -0.3 is 52.3 Å². The molecule has 0 aliphatic carbocycles. The molecule has 3 heterocycles. The number of rotatable bonds is 23. The van der Waals surface area contributed by atoms with Crippen molar-refractivity contribution in [2.45, 2.75) is 25.2 Å². The Labute approximate surface area is 271 Å². The van der Waals surface area contributed by atoms with Crippen LogP contribution in [-0.4, -0.2) is 130 Å². The fourth-order valence-corrected chi connectivity index (χ4v) is 3.95. The summed E-state index contributed by atoms with van der Waals surface area (Å²) < 4.78 is 35.5. The third-order valence-electron chi connectivity index (χ3n) is 5.35. The molecule has 47 heavy (non-hydrogen) atoms. The van der Waals surface area contributed by atoms with E-state index in [1.54, 1.807) is 18.2 Å². The Morgan fingerprint density at radius 3 is 1.70 bits per heavy atom. The maximum Gasteiger partial charge on any atom is 0.266 e. The Morgan fingerprint density at radius 1 is 0.723 bits per heavy atom. The molecule has 260 valence electrons. The molecule has 12 N–H and O–H groups in total. The highest BCUT2D eigenvalue weighted by Gasteiger charge is 2.12. The number of pyridine rings is 1. The van der Waals surface area contributed by atoms with Gasteiger partial charge in [0.05, 0.1) is 18.5 Å². The summed E-state index contributed by atoms with van der Waals surface area (Å²) in [6, 6.07) is 4.88. The molecule has 25 heteroatoms. The molecule has 0 spiro atoms. The predicted molar refractivity (Wildman–Crippen MR) is 169 cm³/mol. The van der Waals surface area contributed by atoms with Crippen LogP contribution in [0.15, 0.2) is 18.2 Å². The molecular formula is C22H35N13O10S2. The fourth-order valence-electron chi connectivity index (χ4n) is 3.29. The van der Waals surface area contributed by atoms with Crippen molar-refractivity contribution in [1.82, 2.24) is 34.9 Å². The van der Waals surface area contributed by atoms with Gasteiger partial charge in [-0.05, 0) is 18.6 Å². The second kappa shape index (κ2) is 19.6. The molecule has 3 aromatic rings. The lowest BCUT2D eigenvalue weighted by Crippen LogP contribution is -2.19. The van der Waals surface area contributed by atoms with Crippen LogP contribution < -0.4 is 31.9 Å². The third-order valence-corrected chi connectivity index (χ3v) is 6.59. The molecule has 0 bridgehead atoms. The molecule has 0 aromatic carbocycles. The van der Waals surface area contributed by atoms with Crippen LogP contribution in [0.4, 0.5) is 47.3 Å². The van der Waals surface area contributed by atoms with Crippen LogP contribution >= 0.6 is 12.0 Å². The molecule has 1 unspecified atom stereocenters. The standard InChI is InChI=1S/C22H35N13O10S2/c36-12-13(37)4-6-23-17-30-19(25-8-10-46-45-44-40)34-21(32-17)28-14-2-1-3-15(27-14)29-22-33-18(24-7-5-16(38)39)31-20(35-22)26-9-11-47(41,42)43/h1-3,13,16,36-40H,4-12H2,(H,41,42,43)(H6,23,24,25,26,27,28,29,30,31,32,33,34,35). The van der Waals surface area contributed by atoms with Crippen LogP contribution in [0.3, 0.4) is 0 Å². The summed E-state index contributed by atoms with van der Waals surface area (Å²) >= 11 is 0.835. The maximum absolute atomic E-state index is 11.1. The van der Waals surface area contributed by atoms with E-state index in [9.17, 15) is 13.5 Å². The number of aliphatic hydroxyl groups excluding tert-OH is 3. The quantitative estimate of drug-likeness (QED) is 0.0140. The Kier molecular flexibility index (Phi) is 15.6. The van der Waals surface area contributed by atoms with Crippen LogP contribution in [0, 0.1) is 0 Å². The van der Waals surface area contributed by atoms with E-state index in [2.05, 4.69) is 76.2 Å². The monoisotopic (exact) mass is 705 g/mol. The van der Waals surface area contributed by atoms with Gasteiger partial charge in [0.25, 0.3) is 10.1 Å². The van der Waals surface area contributed by atoms with Crippen LogP contribution in [0.1, 0.15) is 12.8 Å². The van der Waals surface area contributed by atoms with Gasteiger partial charge in [0, 0.05) is 50.4 Å². The fraction of sp³-hybridized carbons (Fsp3) is 0.500. The van der Waals surface area contributed by atoms with Crippen LogP contribution in [-0.2, 0) is 19.5 Å². The van der Waals surface area contributed by atoms with Gasteiger partial charge in [-0.2, -0.15) is 38.3 Å². The molecule has 0 aliphatic heterocycles. The molecule has 0 aliphatic rings. The number of nitrogens with zero attached hydrogens (tertiary/aromatic N) is 7. The van der Waals surface area contributed by atoms with Crippen molar-refractivity contribution in [2.24, 2.45) is 0 Å². The highest BCUT2D eigenvalue weighted by atomic mass is 32.2. The summed E-state index contributed by atoms with van der Waals surface area (Å²) in [4.78, 5) is 29.9. The molecule has 0 amide bonds. The number of anilines is 8. The summed E-state index contributed by atoms with van der Waals surface area (Å²) in [5, 5.41) is 65.9. The van der Waals surface area contributed by atoms with E-state index >= 15 is 0 Å². The van der Waals surface area contributed by atoms with Crippen molar-refractivity contribution in [2.75, 3.05) is 76.2 Å². The van der Waals surface area contributed by atoms with Crippen molar-refractivity contribution in [3.05, 3.63) is 18.2 Å². The first-order chi connectivity index (χ1) is 22.5. The number of aromatic nitrogens is 7. The number of hydrogen-bond donors (Lipinski definition) is 12. The normalized spacial score (nSPS) is 12.1. The molecule has 1 atom stereocenters. The minimum atomic E-state index is -4.24. The van der Waals surface area contributed by atoms with E-state index in [0.29, 0.717) is 12.3 Å². The Morgan fingerprint density at radius 2 is 1.21 bits per heavy atom. The molecule has 3 rings (SSSR count). The average molecular weight is 706 g/mol. The second-order valence-corrected chi connectivity index (χ2v) is 11.5. The van der Waals surface area contributed by atoms with Gasteiger partial charge in [-0.3, -0.25) is 4.55 Å². The van der Waals surface area contributed by atoms with E-state index in [-0.39, 0.29) is 79.8 Å². The first-order valence-electron chi connectivity index (χ1n) is 13.7. The van der Waals surface area contributed by atoms with Gasteiger partial charge in [-0.15, -0.1) is 4.33 Å². The van der Waals surface area contributed by atoms with Crippen molar-refractivity contribution < 1.29 is 48.0 Å². The largest absolute Gasteiger partial charge is 0.394 e. The van der Waals surface area contributed by atoms with Gasteiger partial charge in [-0.25, -0.2) is 10.2 Å². The van der Waals surface area contributed by atoms with E-state index < -0.39 is 34.9 Å². The van der Waals surface area contributed by atoms with Gasteiger partial charge in [0.1, 0.15) is 11.6 Å². The summed E-state index contributed by atoms with van der Waals surface area (Å²) in [5.74, 6) is 0.674. The summed E-state index contributed by atoms with van der Waals surface area (Å²) in [5.41, 5.74) is 0. The first-order valence-corrected chi connectivity index (χ1v) is 16.2. The average Bonchev–Trinajstić information content (AvgIpc) is 3.00. The Hall–Kier alpha value is -4.05.